The van der Waals surface area contributed by atoms with Crippen molar-refractivity contribution in [2.24, 2.45) is 0 Å². The van der Waals surface area contributed by atoms with Crippen LogP contribution in [0.25, 0.3) is 0 Å². The van der Waals surface area contributed by atoms with Crippen molar-refractivity contribution in [2.45, 2.75) is 25.3 Å². The zero-order valence-electron chi connectivity index (χ0n) is 10.6. The Balaban J connectivity index is 1.88. The molecule has 3 N–H and O–H groups in total. The Labute approximate surface area is 117 Å². The number of aryl methyl sites for hydroxylation is 1. The number of anilines is 2. The molecule has 0 radical (unpaired) electrons. The summed E-state index contributed by atoms with van der Waals surface area (Å²) in [7, 11) is 0. The lowest BCUT2D eigenvalue weighted by atomic mass is 9.88. The van der Waals surface area contributed by atoms with Crippen molar-refractivity contribution >= 4 is 23.1 Å². The number of hydrogen-bond acceptors (Lipinski definition) is 3. The molecule has 0 amide bonds. The Morgan fingerprint density at radius 3 is 2.95 bits per heavy atom. The first-order chi connectivity index (χ1) is 9.22. The van der Waals surface area contributed by atoms with E-state index in [1.165, 1.54) is 17.5 Å². The molecule has 19 heavy (non-hydrogen) atoms. The fourth-order valence-electron chi connectivity index (χ4n) is 2.67. The molecule has 1 aliphatic carbocycles. The first-order valence-corrected chi connectivity index (χ1v) is 6.87. The standard InChI is InChI=1S/C15H16ClN3/c16-14-8-11(17)9-15(19-14)18-13-7-3-5-10-4-1-2-6-12(10)13/h1-2,4,6,8-9,13H,3,5,7H2,(H3,17,18,19). The molecule has 98 valence electrons. The van der Waals surface area contributed by atoms with Gasteiger partial charge in [-0.3, -0.25) is 0 Å². The van der Waals surface area contributed by atoms with Gasteiger partial charge in [-0.2, -0.15) is 0 Å². The molecule has 0 aliphatic heterocycles. The highest BCUT2D eigenvalue weighted by Crippen LogP contribution is 2.32. The van der Waals surface area contributed by atoms with E-state index in [1.54, 1.807) is 6.07 Å². The monoisotopic (exact) mass is 273 g/mol. The van der Waals surface area contributed by atoms with Gasteiger partial charge in [-0.25, -0.2) is 4.98 Å². The van der Waals surface area contributed by atoms with Gasteiger partial charge in [-0.1, -0.05) is 35.9 Å². The van der Waals surface area contributed by atoms with Gasteiger partial charge in [0.2, 0.25) is 0 Å². The van der Waals surface area contributed by atoms with E-state index in [-0.39, 0.29) is 6.04 Å². The van der Waals surface area contributed by atoms with E-state index < -0.39 is 0 Å². The quantitative estimate of drug-likeness (QED) is 0.818. The van der Waals surface area contributed by atoms with Crippen LogP contribution in [-0.4, -0.2) is 4.98 Å². The van der Waals surface area contributed by atoms with Gasteiger partial charge in [0.15, 0.2) is 0 Å². The van der Waals surface area contributed by atoms with Crippen molar-refractivity contribution in [1.82, 2.24) is 4.98 Å². The van der Waals surface area contributed by atoms with Crippen LogP contribution in [0, 0.1) is 0 Å². The summed E-state index contributed by atoms with van der Waals surface area (Å²) in [5.41, 5.74) is 9.20. The van der Waals surface area contributed by atoms with E-state index in [0.29, 0.717) is 10.8 Å². The molecule has 1 unspecified atom stereocenters. The van der Waals surface area contributed by atoms with Crippen LogP contribution >= 0.6 is 11.6 Å². The zero-order valence-corrected chi connectivity index (χ0v) is 11.3. The second-order valence-electron chi connectivity index (χ2n) is 4.90. The van der Waals surface area contributed by atoms with Crippen molar-refractivity contribution in [1.29, 1.82) is 0 Å². The fourth-order valence-corrected chi connectivity index (χ4v) is 2.89. The molecular formula is C15H16ClN3. The van der Waals surface area contributed by atoms with E-state index in [2.05, 4.69) is 34.6 Å². The van der Waals surface area contributed by atoms with Crippen molar-refractivity contribution in [3.05, 3.63) is 52.7 Å². The Morgan fingerprint density at radius 1 is 1.26 bits per heavy atom. The lowest BCUT2D eigenvalue weighted by Gasteiger charge is -2.26. The molecule has 1 aromatic heterocycles. The van der Waals surface area contributed by atoms with E-state index in [0.717, 1.165) is 18.7 Å². The molecule has 1 atom stereocenters. The highest BCUT2D eigenvalue weighted by Gasteiger charge is 2.19. The summed E-state index contributed by atoms with van der Waals surface area (Å²) in [5.74, 6) is 0.742. The number of nitrogen functional groups attached to an aromatic ring is 1. The Hall–Kier alpha value is -1.74. The minimum atomic E-state index is 0.287. The van der Waals surface area contributed by atoms with Crippen molar-refractivity contribution < 1.29 is 0 Å². The molecule has 1 heterocycles. The molecule has 1 aromatic carbocycles. The maximum atomic E-state index is 5.94. The van der Waals surface area contributed by atoms with Crippen LogP contribution < -0.4 is 11.1 Å². The van der Waals surface area contributed by atoms with Gasteiger partial charge < -0.3 is 11.1 Å². The molecule has 1 aliphatic rings. The van der Waals surface area contributed by atoms with Crippen LogP contribution in [0.15, 0.2) is 36.4 Å². The predicted octanol–water partition coefficient (Wildman–Crippen LogP) is 3.81. The summed E-state index contributed by atoms with van der Waals surface area (Å²) in [5, 5.41) is 3.87. The second kappa shape index (κ2) is 5.10. The van der Waals surface area contributed by atoms with Crippen molar-refractivity contribution in [3.8, 4) is 0 Å². The summed E-state index contributed by atoms with van der Waals surface area (Å²) in [4.78, 5) is 4.28. The Bertz CT molecular complexity index is 577. The number of benzene rings is 1. The van der Waals surface area contributed by atoms with Gasteiger partial charge in [0, 0.05) is 11.8 Å². The summed E-state index contributed by atoms with van der Waals surface area (Å²) in [6.45, 7) is 0. The Morgan fingerprint density at radius 2 is 2.11 bits per heavy atom. The SMILES string of the molecule is Nc1cc(Cl)nc(NC2CCCc3ccccc32)c1. The number of nitrogens with zero attached hydrogens (tertiary/aromatic N) is 1. The van der Waals surface area contributed by atoms with Gasteiger partial charge in [0.25, 0.3) is 0 Å². The molecule has 0 saturated carbocycles. The number of nitrogens with one attached hydrogen (secondary N) is 1. The number of fused-ring (bicyclic) bond motifs is 1. The maximum Gasteiger partial charge on any atom is 0.133 e. The summed E-state index contributed by atoms with van der Waals surface area (Å²) < 4.78 is 0. The third-order valence-corrected chi connectivity index (χ3v) is 3.70. The molecule has 0 bridgehead atoms. The first kappa shape index (κ1) is 12.3. The molecule has 3 nitrogen and oxygen atoms in total. The summed E-state index contributed by atoms with van der Waals surface area (Å²) in [6, 6.07) is 12.3. The predicted molar refractivity (Wildman–Crippen MR) is 79.4 cm³/mol. The van der Waals surface area contributed by atoms with Crippen LogP contribution in [0.3, 0.4) is 0 Å². The number of halogens is 1. The summed E-state index contributed by atoms with van der Waals surface area (Å²) >= 11 is 5.94. The van der Waals surface area contributed by atoms with Gasteiger partial charge in [0.05, 0.1) is 6.04 Å². The number of rotatable bonds is 2. The maximum absolute atomic E-state index is 5.94. The highest BCUT2D eigenvalue weighted by molar-refractivity contribution is 6.29. The van der Waals surface area contributed by atoms with Crippen LogP contribution in [0.1, 0.15) is 30.0 Å². The fraction of sp³-hybridized carbons (Fsp3) is 0.267. The van der Waals surface area contributed by atoms with Gasteiger partial charge in [0.1, 0.15) is 11.0 Å². The lowest BCUT2D eigenvalue weighted by Crippen LogP contribution is -2.18. The van der Waals surface area contributed by atoms with E-state index >= 15 is 0 Å². The molecule has 4 heteroatoms. The van der Waals surface area contributed by atoms with Crippen molar-refractivity contribution in [2.75, 3.05) is 11.1 Å². The molecule has 0 fully saturated rings. The number of nitrogens with two attached hydrogens (primary N) is 1. The third kappa shape index (κ3) is 2.66. The average molecular weight is 274 g/mol. The molecule has 2 aromatic rings. The van der Waals surface area contributed by atoms with Crippen LogP contribution in [0.5, 0.6) is 0 Å². The zero-order chi connectivity index (χ0) is 13.2. The molecule has 0 saturated heterocycles. The number of hydrogen-bond donors (Lipinski definition) is 2. The lowest BCUT2D eigenvalue weighted by molar-refractivity contribution is 0.599. The highest BCUT2D eigenvalue weighted by atomic mass is 35.5. The van der Waals surface area contributed by atoms with Crippen molar-refractivity contribution in [3.63, 3.8) is 0 Å². The minimum absolute atomic E-state index is 0.287. The summed E-state index contributed by atoms with van der Waals surface area (Å²) in [6.07, 6.45) is 3.44. The van der Waals surface area contributed by atoms with Crippen LogP contribution in [0.4, 0.5) is 11.5 Å². The van der Waals surface area contributed by atoms with E-state index in [4.69, 9.17) is 17.3 Å². The minimum Gasteiger partial charge on any atom is -0.399 e. The molecular weight excluding hydrogens is 258 g/mol. The average Bonchev–Trinajstić information content (AvgIpc) is 2.38. The smallest absolute Gasteiger partial charge is 0.133 e. The van der Waals surface area contributed by atoms with E-state index in [9.17, 15) is 0 Å². The van der Waals surface area contributed by atoms with Gasteiger partial charge >= 0.3 is 0 Å². The topological polar surface area (TPSA) is 50.9 Å². The van der Waals surface area contributed by atoms with E-state index in [1.807, 2.05) is 6.07 Å². The molecule has 3 rings (SSSR count). The number of pyridine rings is 1. The molecule has 0 spiro atoms. The normalized spacial score (nSPS) is 17.8. The second-order valence-corrected chi connectivity index (χ2v) is 5.28. The third-order valence-electron chi connectivity index (χ3n) is 3.51. The van der Waals surface area contributed by atoms with Gasteiger partial charge in [-0.05, 0) is 36.5 Å². The van der Waals surface area contributed by atoms with Crippen LogP contribution in [0.2, 0.25) is 5.15 Å². The largest absolute Gasteiger partial charge is 0.399 e. The Kier molecular flexibility index (Phi) is 3.30. The number of aromatic nitrogens is 1. The first-order valence-electron chi connectivity index (χ1n) is 6.50. The van der Waals surface area contributed by atoms with Crippen LogP contribution in [-0.2, 0) is 6.42 Å². The van der Waals surface area contributed by atoms with Gasteiger partial charge in [-0.15, -0.1) is 0 Å².